The molecule has 25 heavy (non-hydrogen) atoms. The van der Waals surface area contributed by atoms with Crippen molar-refractivity contribution in [1.82, 2.24) is 35.1 Å². The Bertz CT molecular complexity index is 838. The maximum absolute atomic E-state index is 12.5. The summed E-state index contributed by atoms with van der Waals surface area (Å²) >= 11 is 0. The number of aromatic nitrogens is 6. The highest BCUT2D eigenvalue weighted by Gasteiger charge is 2.20. The molecule has 0 radical (unpaired) electrons. The Kier molecular flexibility index (Phi) is 4.87. The van der Waals surface area contributed by atoms with Gasteiger partial charge in [0, 0.05) is 18.3 Å². The van der Waals surface area contributed by atoms with Gasteiger partial charge in [-0.15, -0.1) is 5.10 Å². The third-order valence-corrected chi connectivity index (χ3v) is 3.97. The number of amides is 1. The van der Waals surface area contributed by atoms with Crippen LogP contribution in [-0.4, -0.2) is 35.7 Å². The van der Waals surface area contributed by atoms with Crippen LogP contribution in [0, 0.1) is 0 Å². The summed E-state index contributed by atoms with van der Waals surface area (Å²) in [5.74, 6) is 1.59. The lowest BCUT2D eigenvalue weighted by atomic mass is 10.2. The monoisotopic (exact) mass is 339 g/mol. The van der Waals surface area contributed by atoms with Gasteiger partial charge in [0.1, 0.15) is 11.9 Å². The minimum atomic E-state index is -0.360. The average Bonchev–Trinajstić information content (AvgIpc) is 3.28. The van der Waals surface area contributed by atoms with E-state index in [1.54, 1.807) is 10.9 Å². The molecule has 0 saturated heterocycles. The van der Waals surface area contributed by atoms with Gasteiger partial charge in [0.25, 0.3) is 0 Å². The third kappa shape index (κ3) is 3.57. The number of hydrogen-bond acceptors (Lipinski definition) is 5. The van der Waals surface area contributed by atoms with Crippen LogP contribution < -0.4 is 5.32 Å². The molecular weight excluding hydrogens is 318 g/mol. The molecular formula is C17H21N7O. The Morgan fingerprint density at radius 1 is 1.20 bits per heavy atom. The molecule has 130 valence electrons. The van der Waals surface area contributed by atoms with E-state index in [2.05, 4.69) is 39.7 Å². The molecule has 3 rings (SSSR count). The van der Waals surface area contributed by atoms with E-state index < -0.39 is 0 Å². The SMILES string of the molecule is CC(C)c1nccn1[C@@H](C)C(=O)NCc1nnnn1-c1ccccc1. The highest BCUT2D eigenvalue weighted by Crippen LogP contribution is 2.17. The number of rotatable bonds is 6. The molecule has 0 aliphatic rings. The number of carbonyl (C=O) groups is 1. The first-order valence-electron chi connectivity index (χ1n) is 8.21. The molecule has 1 N–H and O–H groups in total. The predicted octanol–water partition coefficient (Wildman–Crippen LogP) is 1.86. The lowest BCUT2D eigenvalue weighted by Crippen LogP contribution is -2.32. The van der Waals surface area contributed by atoms with Crippen LogP contribution in [-0.2, 0) is 11.3 Å². The Hall–Kier alpha value is -3.03. The van der Waals surface area contributed by atoms with Gasteiger partial charge in [0.15, 0.2) is 5.82 Å². The van der Waals surface area contributed by atoms with Crippen molar-refractivity contribution in [1.29, 1.82) is 0 Å². The molecule has 8 nitrogen and oxygen atoms in total. The summed E-state index contributed by atoms with van der Waals surface area (Å²) < 4.78 is 3.50. The van der Waals surface area contributed by atoms with E-state index in [0.717, 1.165) is 11.5 Å². The van der Waals surface area contributed by atoms with Crippen molar-refractivity contribution in [3.8, 4) is 5.69 Å². The number of nitrogens with zero attached hydrogens (tertiary/aromatic N) is 6. The summed E-state index contributed by atoms with van der Waals surface area (Å²) in [6.07, 6.45) is 3.54. The van der Waals surface area contributed by atoms with E-state index in [1.165, 1.54) is 0 Å². The van der Waals surface area contributed by atoms with Crippen molar-refractivity contribution in [3.05, 3.63) is 54.4 Å². The molecule has 8 heteroatoms. The number of carbonyl (C=O) groups excluding carboxylic acids is 1. The molecule has 1 atom stereocenters. The topological polar surface area (TPSA) is 90.5 Å². The first-order chi connectivity index (χ1) is 12.1. The summed E-state index contributed by atoms with van der Waals surface area (Å²) in [7, 11) is 0. The van der Waals surface area contributed by atoms with Gasteiger partial charge in [-0.2, -0.15) is 4.68 Å². The zero-order valence-corrected chi connectivity index (χ0v) is 14.5. The Morgan fingerprint density at radius 2 is 1.96 bits per heavy atom. The van der Waals surface area contributed by atoms with Gasteiger partial charge in [0.2, 0.25) is 5.91 Å². The average molecular weight is 339 g/mol. The minimum Gasteiger partial charge on any atom is -0.347 e. The van der Waals surface area contributed by atoms with Gasteiger partial charge in [0.05, 0.1) is 12.2 Å². The number of tetrazole rings is 1. The van der Waals surface area contributed by atoms with E-state index in [9.17, 15) is 4.79 Å². The molecule has 0 saturated carbocycles. The Morgan fingerprint density at radius 3 is 2.68 bits per heavy atom. The third-order valence-electron chi connectivity index (χ3n) is 3.97. The highest BCUT2D eigenvalue weighted by molar-refractivity contribution is 5.79. The number of hydrogen-bond donors (Lipinski definition) is 1. The largest absolute Gasteiger partial charge is 0.347 e. The van der Waals surface area contributed by atoms with Crippen molar-refractivity contribution < 1.29 is 4.79 Å². The molecule has 0 spiro atoms. The number of para-hydroxylation sites is 1. The fourth-order valence-electron chi connectivity index (χ4n) is 2.63. The van der Waals surface area contributed by atoms with Crippen molar-refractivity contribution in [2.24, 2.45) is 0 Å². The second-order valence-corrected chi connectivity index (χ2v) is 6.08. The van der Waals surface area contributed by atoms with Crippen LogP contribution >= 0.6 is 0 Å². The Balaban J connectivity index is 1.69. The van der Waals surface area contributed by atoms with Crippen LogP contribution in [0.25, 0.3) is 5.69 Å². The van der Waals surface area contributed by atoms with Crippen molar-refractivity contribution in [2.75, 3.05) is 0 Å². The van der Waals surface area contributed by atoms with Crippen molar-refractivity contribution in [3.63, 3.8) is 0 Å². The predicted molar refractivity (Wildman–Crippen MR) is 92.0 cm³/mol. The van der Waals surface area contributed by atoms with E-state index in [4.69, 9.17) is 0 Å². The van der Waals surface area contributed by atoms with Crippen LogP contribution in [0.3, 0.4) is 0 Å². The lowest BCUT2D eigenvalue weighted by Gasteiger charge is -2.17. The lowest BCUT2D eigenvalue weighted by molar-refractivity contribution is -0.124. The first-order valence-corrected chi connectivity index (χ1v) is 8.21. The zero-order chi connectivity index (χ0) is 17.8. The summed E-state index contributed by atoms with van der Waals surface area (Å²) in [6, 6.07) is 9.20. The van der Waals surface area contributed by atoms with Gasteiger partial charge in [-0.1, -0.05) is 32.0 Å². The van der Waals surface area contributed by atoms with Crippen LogP contribution in [0.1, 0.15) is 44.4 Å². The molecule has 2 heterocycles. The highest BCUT2D eigenvalue weighted by atomic mass is 16.2. The summed E-state index contributed by atoms with van der Waals surface area (Å²) in [5, 5.41) is 14.6. The second-order valence-electron chi connectivity index (χ2n) is 6.08. The van der Waals surface area contributed by atoms with E-state index in [0.29, 0.717) is 5.82 Å². The van der Waals surface area contributed by atoms with Gasteiger partial charge in [-0.05, 0) is 29.5 Å². The quantitative estimate of drug-likeness (QED) is 0.740. The fourth-order valence-corrected chi connectivity index (χ4v) is 2.63. The van der Waals surface area contributed by atoms with Crippen LogP contribution in [0.2, 0.25) is 0 Å². The van der Waals surface area contributed by atoms with Crippen molar-refractivity contribution in [2.45, 2.75) is 39.3 Å². The maximum Gasteiger partial charge on any atom is 0.243 e. The normalized spacial score (nSPS) is 12.3. The van der Waals surface area contributed by atoms with Gasteiger partial charge < -0.3 is 9.88 Å². The van der Waals surface area contributed by atoms with Crippen LogP contribution in [0.4, 0.5) is 0 Å². The number of benzene rings is 1. The fraction of sp³-hybridized carbons (Fsp3) is 0.353. The number of nitrogens with one attached hydrogen (secondary N) is 1. The van der Waals surface area contributed by atoms with Gasteiger partial charge in [-0.3, -0.25) is 4.79 Å². The molecule has 0 fully saturated rings. The van der Waals surface area contributed by atoms with Crippen LogP contribution in [0.5, 0.6) is 0 Å². The maximum atomic E-state index is 12.5. The summed E-state index contributed by atoms with van der Waals surface area (Å²) in [4.78, 5) is 16.9. The number of imidazole rings is 1. The van der Waals surface area contributed by atoms with E-state index >= 15 is 0 Å². The standard InChI is InChI=1S/C17H21N7O/c1-12(2)16-18-9-10-23(16)13(3)17(25)19-11-15-20-21-22-24(15)14-7-5-4-6-8-14/h4-10,12-13H,11H2,1-3H3,(H,19,25)/t13-/m0/s1. The van der Waals surface area contributed by atoms with E-state index in [-0.39, 0.29) is 24.4 Å². The molecule has 1 aromatic carbocycles. The van der Waals surface area contributed by atoms with Gasteiger partial charge in [-0.25, -0.2) is 4.98 Å². The smallest absolute Gasteiger partial charge is 0.243 e. The van der Waals surface area contributed by atoms with Crippen LogP contribution in [0.15, 0.2) is 42.7 Å². The summed E-state index contributed by atoms with van der Waals surface area (Å²) in [6.45, 7) is 6.20. The molecule has 3 aromatic rings. The van der Waals surface area contributed by atoms with E-state index in [1.807, 2.05) is 48.0 Å². The molecule has 2 aromatic heterocycles. The minimum absolute atomic E-state index is 0.109. The zero-order valence-electron chi connectivity index (χ0n) is 14.5. The Labute approximate surface area is 145 Å². The first kappa shape index (κ1) is 16.8. The molecule has 1 amide bonds. The molecule has 0 aliphatic heterocycles. The molecule has 0 aliphatic carbocycles. The second kappa shape index (κ2) is 7.25. The van der Waals surface area contributed by atoms with Gasteiger partial charge >= 0.3 is 0 Å². The van der Waals surface area contributed by atoms with Crippen molar-refractivity contribution >= 4 is 5.91 Å². The molecule has 0 bridgehead atoms. The summed E-state index contributed by atoms with van der Waals surface area (Å²) in [5.41, 5.74) is 0.849. The molecule has 0 unspecified atom stereocenters.